The standard InChI is InChI=1S/C19H18N4O2S/c24-26(25,15-8-2-1-3-9-15)23-11-10-16-18-17(12-20-19(16)23)21-13-22(18)14-6-4-5-7-14/h1-3,8-14H,4-7H2. The molecule has 132 valence electrons. The first-order valence-corrected chi connectivity index (χ1v) is 10.2. The van der Waals surface area contributed by atoms with E-state index < -0.39 is 10.0 Å². The second-order valence-corrected chi connectivity index (χ2v) is 8.56. The first kappa shape index (κ1) is 15.6. The van der Waals surface area contributed by atoms with Gasteiger partial charge in [-0.3, -0.25) is 0 Å². The number of benzene rings is 1. The fourth-order valence-electron chi connectivity index (χ4n) is 3.95. The molecule has 6 nitrogen and oxygen atoms in total. The van der Waals surface area contributed by atoms with Gasteiger partial charge in [0.15, 0.2) is 5.65 Å². The van der Waals surface area contributed by atoms with Crippen LogP contribution in [0.4, 0.5) is 0 Å². The first-order valence-electron chi connectivity index (χ1n) is 8.79. The molecule has 0 spiro atoms. The number of hydrogen-bond donors (Lipinski definition) is 0. The molecule has 5 rings (SSSR count). The molecule has 1 aliphatic carbocycles. The molecular formula is C19H18N4O2S. The van der Waals surface area contributed by atoms with Crippen LogP contribution in [0, 0.1) is 0 Å². The van der Waals surface area contributed by atoms with E-state index in [-0.39, 0.29) is 4.90 Å². The third kappa shape index (κ3) is 2.20. The maximum absolute atomic E-state index is 13.0. The van der Waals surface area contributed by atoms with Crippen molar-refractivity contribution in [2.24, 2.45) is 0 Å². The van der Waals surface area contributed by atoms with E-state index in [0.29, 0.717) is 11.7 Å². The van der Waals surface area contributed by atoms with Gasteiger partial charge < -0.3 is 4.57 Å². The minimum absolute atomic E-state index is 0.253. The van der Waals surface area contributed by atoms with Crippen molar-refractivity contribution in [3.05, 3.63) is 55.1 Å². The van der Waals surface area contributed by atoms with E-state index in [2.05, 4.69) is 14.5 Å². The van der Waals surface area contributed by atoms with Crippen LogP contribution in [0.3, 0.4) is 0 Å². The number of aromatic nitrogens is 4. The lowest BCUT2D eigenvalue weighted by atomic mass is 10.2. The van der Waals surface area contributed by atoms with Gasteiger partial charge in [0, 0.05) is 17.6 Å². The van der Waals surface area contributed by atoms with Crippen LogP contribution >= 0.6 is 0 Å². The molecule has 1 aromatic carbocycles. The normalized spacial score (nSPS) is 16.0. The van der Waals surface area contributed by atoms with Crippen molar-refractivity contribution in [1.29, 1.82) is 0 Å². The summed E-state index contributed by atoms with van der Waals surface area (Å²) in [4.78, 5) is 9.15. The van der Waals surface area contributed by atoms with E-state index in [1.54, 1.807) is 42.7 Å². The summed E-state index contributed by atoms with van der Waals surface area (Å²) < 4.78 is 29.5. The van der Waals surface area contributed by atoms with Gasteiger partial charge in [0.05, 0.1) is 22.9 Å². The Labute approximate surface area is 151 Å². The van der Waals surface area contributed by atoms with Crippen LogP contribution in [0.15, 0.2) is 60.0 Å². The predicted molar refractivity (Wildman–Crippen MR) is 99.6 cm³/mol. The van der Waals surface area contributed by atoms with Gasteiger partial charge in [-0.15, -0.1) is 0 Å². The highest BCUT2D eigenvalue weighted by molar-refractivity contribution is 7.90. The number of nitrogens with zero attached hydrogens (tertiary/aromatic N) is 4. The predicted octanol–water partition coefficient (Wildman–Crippen LogP) is 3.74. The molecule has 3 heterocycles. The average molecular weight is 366 g/mol. The number of pyridine rings is 1. The third-order valence-electron chi connectivity index (χ3n) is 5.23. The molecule has 3 aromatic heterocycles. The molecule has 1 fully saturated rings. The van der Waals surface area contributed by atoms with Crippen molar-refractivity contribution in [1.82, 2.24) is 18.5 Å². The summed E-state index contributed by atoms with van der Waals surface area (Å²) in [6, 6.07) is 10.7. The lowest BCUT2D eigenvalue weighted by Crippen LogP contribution is -2.12. The highest BCUT2D eigenvalue weighted by Gasteiger charge is 2.24. The van der Waals surface area contributed by atoms with Crippen molar-refractivity contribution in [2.75, 3.05) is 0 Å². The first-order chi connectivity index (χ1) is 12.7. The minimum atomic E-state index is -3.68. The molecule has 0 aliphatic heterocycles. The maximum atomic E-state index is 13.0. The summed E-state index contributed by atoms with van der Waals surface area (Å²) in [5.74, 6) is 0. The second-order valence-electron chi connectivity index (χ2n) is 6.75. The lowest BCUT2D eigenvalue weighted by Gasteiger charge is -2.13. The Morgan fingerprint density at radius 2 is 1.77 bits per heavy atom. The summed E-state index contributed by atoms with van der Waals surface area (Å²) in [5.41, 5.74) is 2.23. The SMILES string of the molecule is O=S(=O)(c1ccccc1)n1ccc2c3c(cnc21)ncn3C1CCCC1. The zero-order valence-corrected chi connectivity index (χ0v) is 14.9. The van der Waals surface area contributed by atoms with E-state index in [1.165, 1.54) is 16.8 Å². The van der Waals surface area contributed by atoms with Crippen LogP contribution in [0.25, 0.3) is 22.1 Å². The summed E-state index contributed by atoms with van der Waals surface area (Å²) in [6.07, 6.45) is 9.84. The van der Waals surface area contributed by atoms with E-state index >= 15 is 0 Å². The van der Waals surface area contributed by atoms with Gasteiger partial charge in [-0.2, -0.15) is 0 Å². The summed E-state index contributed by atoms with van der Waals surface area (Å²) in [7, 11) is -3.68. The molecule has 26 heavy (non-hydrogen) atoms. The molecule has 7 heteroatoms. The second kappa shape index (κ2) is 5.67. The fourth-order valence-corrected chi connectivity index (χ4v) is 5.27. The van der Waals surface area contributed by atoms with Gasteiger partial charge in [0.2, 0.25) is 0 Å². The molecule has 0 radical (unpaired) electrons. The Balaban J connectivity index is 1.75. The molecular weight excluding hydrogens is 348 g/mol. The van der Waals surface area contributed by atoms with E-state index in [4.69, 9.17) is 0 Å². The number of imidazole rings is 1. The molecule has 0 bridgehead atoms. The largest absolute Gasteiger partial charge is 0.327 e. The van der Waals surface area contributed by atoms with Gasteiger partial charge in [-0.1, -0.05) is 31.0 Å². The maximum Gasteiger partial charge on any atom is 0.269 e. The smallest absolute Gasteiger partial charge is 0.269 e. The molecule has 1 aliphatic rings. The lowest BCUT2D eigenvalue weighted by molar-refractivity contribution is 0.533. The Morgan fingerprint density at radius 1 is 1.00 bits per heavy atom. The van der Waals surface area contributed by atoms with Gasteiger partial charge in [0.1, 0.15) is 5.52 Å². The zero-order chi connectivity index (χ0) is 17.7. The topological polar surface area (TPSA) is 69.8 Å². The van der Waals surface area contributed by atoms with Crippen LogP contribution < -0.4 is 0 Å². The molecule has 4 aromatic rings. The van der Waals surface area contributed by atoms with Gasteiger partial charge in [-0.05, 0) is 31.0 Å². The molecule has 0 unspecified atom stereocenters. The zero-order valence-electron chi connectivity index (χ0n) is 14.1. The quantitative estimate of drug-likeness (QED) is 0.554. The van der Waals surface area contributed by atoms with Gasteiger partial charge in [0.25, 0.3) is 10.0 Å². The van der Waals surface area contributed by atoms with Crippen molar-refractivity contribution in [2.45, 2.75) is 36.6 Å². The Morgan fingerprint density at radius 3 is 2.54 bits per heavy atom. The van der Waals surface area contributed by atoms with Crippen LogP contribution in [0.2, 0.25) is 0 Å². The summed E-state index contributed by atoms with van der Waals surface area (Å²) >= 11 is 0. The molecule has 0 amide bonds. The van der Waals surface area contributed by atoms with E-state index in [1.807, 2.05) is 12.4 Å². The number of hydrogen-bond acceptors (Lipinski definition) is 4. The third-order valence-corrected chi connectivity index (χ3v) is 6.91. The molecule has 0 atom stereocenters. The minimum Gasteiger partial charge on any atom is -0.327 e. The van der Waals surface area contributed by atoms with E-state index in [0.717, 1.165) is 29.3 Å². The van der Waals surface area contributed by atoms with Gasteiger partial charge >= 0.3 is 0 Å². The van der Waals surface area contributed by atoms with Crippen molar-refractivity contribution in [3.63, 3.8) is 0 Å². The monoisotopic (exact) mass is 366 g/mol. The van der Waals surface area contributed by atoms with Crippen LogP contribution in [-0.2, 0) is 10.0 Å². The summed E-state index contributed by atoms with van der Waals surface area (Å²) in [6.45, 7) is 0. The Bertz CT molecular complexity index is 1200. The highest BCUT2D eigenvalue weighted by atomic mass is 32.2. The van der Waals surface area contributed by atoms with Crippen LogP contribution in [0.1, 0.15) is 31.7 Å². The van der Waals surface area contributed by atoms with Crippen LogP contribution in [-0.4, -0.2) is 26.9 Å². The van der Waals surface area contributed by atoms with Crippen molar-refractivity contribution < 1.29 is 8.42 Å². The Hall–Kier alpha value is -2.67. The van der Waals surface area contributed by atoms with Crippen LogP contribution in [0.5, 0.6) is 0 Å². The average Bonchev–Trinajstić information content (AvgIpc) is 3.39. The number of fused-ring (bicyclic) bond motifs is 3. The number of rotatable bonds is 3. The highest BCUT2D eigenvalue weighted by Crippen LogP contribution is 2.34. The van der Waals surface area contributed by atoms with Crippen molar-refractivity contribution in [3.8, 4) is 0 Å². The molecule has 1 saturated carbocycles. The van der Waals surface area contributed by atoms with Gasteiger partial charge in [-0.25, -0.2) is 22.4 Å². The molecule has 0 saturated heterocycles. The van der Waals surface area contributed by atoms with E-state index in [9.17, 15) is 8.42 Å². The molecule has 0 N–H and O–H groups in total. The fraction of sp³-hybridized carbons (Fsp3) is 0.263. The van der Waals surface area contributed by atoms with Crippen molar-refractivity contribution >= 4 is 32.1 Å². The summed E-state index contributed by atoms with van der Waals surface area (Å²) in [5, 5.41) is 0.825. The Kier molecular flexibility index (Phi) is 3.40.